The van der Waals surface area contributed by atoms with Gasteiger partial charge in [0.25, 0.3) is 0 Å². The van der Waals surface area contributed by atoms with Crippen LogP contribution < -0.4 is 5.32 Å². The summed E-state index contributed by atoms with van der Waals surface area (Å²) in [5, 5.41) is 2.78. The van der Waals surface area contributed by atoms with Gasteiger partial charge in [-0.15, -0.1) is 0 Å². The lowest BCUT2D eigenvalue weighted by atomic mass is 10.2. The molecular weight excluding hydrogens is 232 g/mol. The zero-order chi connectivity index (χ0) is 12.9. The van der Waals surface area contributed by atoms with Gasteiger partial charge in [-0.1, -0.05) is 0 Å². The van der Waals surface area contributed by atoms with Gasteiger partial charge in [0.2, 0.25) is 5.95 Å². The van der Waals surface area contributed by atoms with Crippen molar-refractivity contribution in [3.8, 4) is 5.95 Å². The molecule has 0 aromatic carbocycles. The van der Waals surface area contributed by atoms with Gasteiger partial charge in [0, 0.05) is 26.5 Å². The van der Waals surface area contributed by atoms with Crippen molar-refractivity contribution in [2.24, 2.45) is 7.05 Å². The maximum absolute atomic E-state index is 11.7. The zero-order valence-electron chi connectivity index (χ0n) is 10.5. The molecule has 0 aliphatic carbocycles. The third-order valence-corrected chi connectivity index (χ3v) is 3.37. The molecule has 2 amide bonds. The first-order valence-electron chi connectivity index (χ1n) is 5.68. The maximum atomic E-state index is 11.7. The molecule has 0 saturated heterocycles. The molecule has 1 atom stereocenters. The van der Waals surface area contributed by atoms with Crippen molar-refractivity contribution in [2.75, 3.05) is 12.4 Å². The van der Waals surface area contributed by atoms with Crippen LogP contribution in [0.5, 0.6) is 0 Å². The Hall–Kier alpha value is -2.31. The van der Waals surface area contributed by atoms with Gasteiger partial charge in [0.1, 0.15) is 6.33 Å². The van der Waals surface area contributed by atoms with Crippen LogP contribution in [0.4, 0.5) is 10.6 Å². The lowest BCUT2D eigenvalue weighted by molar-refractivity contribution is 0.203. The van der Waals surface area contributed by atoms with Crippen LogP contribution in [0.25, 0.3) is 5.95 Å². The van der Waals surface area contributed by atoms with E-state index < -0.39 is 0 Å². The highest BCUT2D eigenvalue weighted by Crippen LogP contribution is 2.32. The van der Waals surface area contributed by atoms with E-state index in [9.17, 15) is 4.79 Å². The summed E-state index contributed by atoms with van der Waals surface area (Å²) < 4.78 is 3.79. The normalized spacial score (nSPS) is 18.7. The van der Waals surface area contributed by atoms with E-state index in [2.05, 4.69) is 15.3 Å². The van der Waals surface area contributed by atoms with Crippen LogP contribution in [0, 0.1) is 0 Å². The van der Waals surface area contributed by atoms with E-state index in [-0.39, 0.29) is 12.1 Å². The van der Waals surface area contributed by atoms with Crippen LogP contribution in [0.2, 0.25) is 0 Å². The molecule has 2 aromatic rings. The van der Waals surface area contributed by atoms with Crippen molar-refractivity contribution >= 4 is 11.8 Å². The number of anilines is 1. The molecule has 18 heavy (non-hydrogen) atoms. The fourth-order valence-corrected chi connectivity index (χ4v) is 2.23. The monoisotopic (exact) mass is 246 g/mol. The van der Waals surface area contributed by atoms with Gasteiger partial charge in [-0.25, -0.2) is 9.78 Å². The molecule has 1 aliphatic heterocycles. The first-order valence-corrected chi connectivity index (χ1v) is 5.68. The highest BCUT2D eigenvalue weighted by atomic mass is 16.2. The predicted octanol–water partition coefficient (Wildman–Crippen LogP) is 1.14. The van der Waals surface area contributed by atoms with E-state index in [1.807, 2.05) is 29.3 Å². The molecule has 7 heteroatoms. The Morgan fingerprint density at radius 1 is 1.39 bits per heavy atom. The van der Waals surface area contributed by atoms with Crippen molar-refractivity contribution in [3.63, 3.8) is 0 Å². The highest BCUT2D eigenvalue weighted by molar-refractivity contribution is 5.91. The van der Waals surface area contributed by atoms with Gasteiger partial charge in [0.05, 0.1) is 11.7 Å². The summed E-state index contributed by atoms with van der Waals surface area (Å²) in [6.07, 6.45) is 5.20. The fourth-order valence-electron chi connectivity index (χ4n) is 2.23. The number of aromatic nitrogens is 4. The van der Waals surface area contributed by atoms with Gasteiger partial charge in [-0.3, -0.25) is 9.88 Å². The van der Waals surface area contributed by atoms with Crippen LogP contribution in [0.3, 0.4) is 0 Å². The van der Waals surface area contributed by atoms with Crippen molar-refractivity contribution in [1.82, 2.24) is 24.0 Å². The van der Waals surface area contributed by atoms with E-state index >= 15 is 0 Å². The summed E-state index contributed by atoms with van der Waals surface area (Å²) in [6, 6.07) is -0.145. The number of carbonyl (C=O) groups excluding carboxylic acids is 1. The Morgan fingerprint density at radius 2 is 2.17 bits per heavy atom. The van der Waals surface area contributed by atoms with Crippen LogP contribution in [-0.2, 0) is 7.05 Å². The Labute approximate surface area is 104 Å². The maximum Gasteiger partial charge on any atom is 0.323 e. The zero-order valence-corrected chi connectivity index (χ0v) is 10.5. The SMILES string of the molecule is CC1c2c(nc(-n3ccnc3)n2C)NC(=O)N1C. The number of amides is 2. The second-order valence-corrected chi connectivity index (χ2v) is 4.39. The van der Waals surface area contributed by atoms with E-state index in [0.29, 0.717) is 5.82 Å². The third-order valence-electron chi connectivity index (χ3n) is 3.37. The summed E-state index contributed by atoms with van der Waals surface area (Å²) in [5.41, 5.74) is 0.987. The number of fused-ring (bicyclic) bond motifs is 1. The summed E-state index contributed by atoms with van der Waals surface area (Å²) in [6.45, 7) is 1.98. The van der Waals surface area contributed by atoms with Crippen LogP contribution >= 0.6 is 0 Å². The van der Waals surface area contributed by atoms with Crippen LogP contribution in [-0.4, -0.2) is 37.1 Å². The molecule has 0 saturated carbocycles. The number of nitrogens with one attached hydrogen (secondary N) is 1. The van der Waals surface area contributed by atoms with E-state index in [0.717, 1.165) is 11.6 Å². The minimum absolute atomic E-state index is 0.0106. The first kappa shape index (κ1) is 10.8. The lowest BCUT2D eigenvalue weighted by Crippen LogP contribution is -2.38. The Morgan fingerprint density at radius 3 is 2.83 bits per heavy atom. The first-order chi connectivity index (χ1) is 8.59. The van der Waals surface area contributed by atoms with Gasteiger partial charge in [-0.05, 0) is 6.92 Å². The largest absolute Gasteiger partial charge is 0.323 e. The minimum atomic E-state index is -0.134. The summed E-state index contributed by atoms with van der Waals surface area (Å²) >= 11 is 0. The van der Waals surface area contributed by atoms with Gasteiger partial charge in [0.15, 0.2) is 5.82 Å². The Kier molecular flexibility index (Phi) is 2.16. The smallest absolute Gasteiger partial charge is 0.319 e. The molecular formula is C11H14N6O. The standard InChI is InChI=1S/C11H14N6O/c1-7-8-9(14-11(18)15(7)2)13-10(16(8)3)17-5-4-12-6-17/h4-7H,1-3H3,(H,14,18). The summed E-state index contributed by atoms with van der Waals surface area (Å²) in [7, 11) is 3.70. The van der Waals surface area contributed by atoms with Gasteiger partial charge in [-0.2, -0.15) is 4.98 Å². The molecule has 0 fully saturated rings. The Balaban J connectivity index is 2.16. The molecule has 94 valence electrons. The number of rotatable bonds is 1. The number of carbonyl (C=O) groups is 1. The summed E-state index contributed by atoms with van der Waals surface area (Å²) in [4.78, 5) is 21.8. The molecule has 0 bridgehead atoms. The van der Waals surface area contributed by atoms with Gasteiger partial charge >= 0.3 is 6.03 Å². The summed E-state index contributed by atoms with van der Waals surface area (Å²) in [5.74, 6) is 1.36. The van der Waals surface area contributed by atoms with Gasteiger partial charge < -0.3 is 9.47 Å². The number of hydrogen-bond donors (Lipinski definition) is 1. The van der Waals surface area contributed by atoms with Crippen molar-refractivity contribution in [3.05, 3.63) is 24.4 Å². The molecule has 0 spiro atoms. The molecule has 2 aromatic heterocycles. The molecule has 3 heterocycles. The number of urea groups is 1. The fraction of sp³-hybridized carbons (Fsp3) is 0.364. The number of hydrogen-bond acceptors (Lipinski definition) is 3. The van der Waals surface area contributed by atoms with E-state index in [1.54, 1.807) is 24.5 Å². The molecule has 0 radical (unpaired) electrons. The Bertz CT molecular complexity index is 599. The predicted molar refractivity (Wildman–Crippen MR) is 65.5 cm³/mol. The topological polar surface area (TPSA) is 68.0 Å². The van der Waals surface area contributed by atoms with E-state index in [1.165, 1.54) is 0 Å². The molecule has 1 unspecified atom stereocenters. The highest BCUT2D eigenvalue weighted by Gasteiger charge is 2.31. The van der Waals surface area contributed by atoms with Crippen molar-refractivity contribution in [1.29, 1.82) is 0 Å². The second kappa shape index (κ2) is 3.59. The number of nitrogens with zero attached hydrogens (tertiary/aromatic N) is 5. The second-order valence-electron chi connectivity index (χ2n) is 4.39. The lowest BCUT2D eigenvalue weighted by Gasteiger charge is -2.30. The van der Waals surface area contributed by atoms with Crippen LogP contribution in [0.1, 0.15) is 18.7 Å². The average molecular weight is 246 g/mol. The number of imidazole rings is 2. The molecule has 1 N–H and O–H groups in total. The molecule has 7 nitrogen and oxygen atoms in total. The molecule has 1 aliphatic rings. The molecule has 3 rings (SSSR count). The van der Waals surface area contributed by atoms with Crippen molar-refractivity contribution in [2.45, 2.75) is 13.0 Å². The average Bonchev–Trinajstić information content (AvgIpc) is 2.94. The van der Waals surface area contributed by atoms with Crippen LogP contribution in [0.15, 0.2) is 18.7 Å². The third kappa shape index (κ3) is 1.33. The van der Waals surface area contributed by atoms with Crippen molar-refractivity contribution < 1.29 is 4.79 Å². The quantitative estimate of drug-likeness (QED) is 0.820. The minimum Gasteiger partial charge on any atom is -0.319 e. The van der Waals surface area contributed by atoms with E-state index in [4.69, 9.17) is 0 Å².